The highest BCUT2D eigenvalue weighted by molar-refractivity contribution is 5.40. The lowest BCUT2D eigenvalue weighted by molar-refractivity contribution is 0.414. The summed E-state index contributed by atoms with van der Waals surface area (Å²) in [5.41, 5.74) is 10.6. The van der Waals surface area contributed by atoms with Crippen LogP contribution in [0, 0.1) is 0 Å². The van der Waals surface area contributed by atoms with Gasteiger partial charge in [0.25, 0.3) is 0 Å². The molecule has 2 N–H and O–H groups in total. The van der Waals surface area contributed by atoms with Gasteiger partial charge in [0.05, 0.1) is 7.11 Å². The molecule has 0 amide bonds. The van der Waals surface area contributed by atoms with Crippen LogP contribution >= 0.6 is 0 Å². The van der Waals surface area contributed by atoms with Gasteiger partial charge in [-0.1, -0.05) is 36.4 Å². The first-order chi connectivity index (χ1) is 9.76. The van der Waals surface area contributed by atoms with E-state index in [-0.39, 0.29) is 6.04 Å². The Labute approximate surface area is 120 Å². The number of rotatable bonds is 5. The van der Waals surface area contributed by atoms with Gasteiger partial charge in [-0.15, -0.1) is 0 Å². The van der Waals surface area contributed by atoms with E-state index in [9.17, 15) is 0 Å². The Bertz CT molecular complexity index is 576. The molecule has 2 heteroatoms. The van der Waals surface area contributed by atoms with Gasteiger partial charge < -0.3 is 10.5 Å². The molecule has 2 aromatic carbocycles. The van der Waals surface area contributed by atoms with Gasteiger partial charge >= 0.3 is 0 Å². The SMILES string of the molecule is COc1ccc(CC(N)CC2Cc3ccccc32)cc1. The maximum absolute atomic E-state index is 6.31. The fourth-order valence-electron chi connectivity index (χ4n) is 3.09. The third-order valence-electron chi connectivity index (χ3n) is 4.21. The van der Waals surface area contributed by atoms with Crippen molar-refractivity contribution in [2.24, 2.45) is 5.73 Å². The largest absolute Gasteiger partial charge is 0.497 e. The van der Waals surface area contributed by atoms with Gasteiger partial charge in [-0.3, -0.25) is 0 Å². The summed E-state index contributed by atoms with van der Waals surface area (Å²) >= 11 is 0. The molecule has 2 nitrogen and oxygen atoms in total. The van der Waals surface area contributed by atoms with Crippen molar-refractivity contribution in [3.8, 4) is 5.75 Å². The Hall–Kier alpha value is -1.80. The summed E-state index contributed by atoms with van der Waals surface area (Å²) in [6.07, 6.45) is 3.19. The highest BCUT2D eigenvalue weighted by atomic mass is 16.5. The highest BCUT2D eigenvalue weighted by Crippen LogP contribution is 2.38. The van der Waals surface area contributed by atoms with Crippen molar-refractivity contribution in [2.45, 2.75) is 31.2 Å². The Kier molecular flexibility index (Phi) is 3.75. The predicted octanol–water partition coefficient (Wildman–Crippen LogP) is 3.30. The van der Waals surface area contributed by atoms with Gasteiger partial charge in [-0.2, -0.15) is 0 Å². The topological polar surface area (TPSA) is 35.2 Å². The number of fused-ring (bicyclic) bond motifs is 1. The van der Waals surface area contributed by atoms with Crippen molar-refractivity contribution in [1.29, 1.82) is 0 Å². The fraction of sp³-hybridized carbons (Fsp3) is 0.333. The van der Waals surface area contributed by atoms with Crippen LogP contribution < -0.4 is 10.5 Å². The van der Waals surface area contributed by atoms with E-state index in [1.54, 1.807) is 7.11 Å². The lowest BCUT2D eigenvalue weighted by Crippen LogP contribution is -2.29. The third kappa shape index (κ3) is 2.70. The van der Waals surface area contributed by atoms with Crippen LogP contribution in [0.2, 0.25) is 0 Å². The second-order valence-corrected chi connectivity index (χ2v) is 5.65. The van der Waals surface area contributed by atoms with E-state index in [2.05, 4.69) is 36.4 Å². The molecule has 1 aliphatic carbocycles. The zero-order chi connectivity index (χ0) is 13.9. The van der Waals surface area contributed by atoms with E-state index in [1.807, 2.05) is 12.1 Å². The minimum Gasteiger partial charge on any atom is -0.497 e. The molecular weight excluding hydrogens is 246 g/mol. The molecule has 0 radical (unpaired) electrons. The van der Waals surface area contributed by atoms with Crippen molar-refractivity contribution >= 4 is 0 Å². The number of ether oxygens (including phenoxy) is 1. The summed E-state index contributed by atoms with van der Waals surface area (Å²) in [6, 6.07) is 17.1. The van der Waals surface area contributed by atoms with Gasteiger partial charge in [0.15, 0.2) is 0 Å². The van der Waals surface area contributed by atoms with Crippen molar-refractivity contribution in [2.75, 3.05) is 7.11 Å². The third-order valence-corrected chi connectivity index (χ3v) is 4.21. The zero-order valence-corrected chi connectivity index (χ0v) is 11.9. The molecule has 0 bridgehead atoms. The predicted molar refractivity (Wildman–Crippen MR) is 82.2 cm³/mol. The fourth-order valence-corrected chi connectivity index (χ4v) is 3.09. The van der Waals surface area contributed by atoms with Crippen LogP contribution in [0.3, 0.4) is 0 Å². The van der Waals surface area contributed by atoms with Crippen LogP contribution in [0.25, 0.3) is 0 Å². The summed E-state index contributed by atoms with van der Waals surface area (Å²) < 4.78 is 5.17. The second kappa shape index (κ2) is 5.68. The highest BCUT2D eigenvalue weighted by Gasteiger charge is 2.26. The molecular formula is C18H21NO. The second-order valence-electron chi connectivity index (χ2n) is 5.65. The minimum atomic E-state index is 0.224. The molecule has 2 unspecified atom stereocenters. The Morgan fingerprint density at radius 1 is 1.15 bits per heavy atom. The van der Waals surface area contributed by atoms with E-state index in [4.69, 9.17) is 10.5 Å². The number of hydrogen-bond donors (Lipinski definition) is 1. The van der Waals surface area contributed by atoms with Crippen LogP contribution in [-0.2, 0) is 12.8 Å². The van der Waals surface area contributed by atoms with E-state index in [0.29, 0.717) is 5.92 Å². The molecule has 2 aromatic rings. The van der Waals surface area contributed by atoms with Gasteiger partial charge in [-0.05, 0) is 54.0 Å². The molecule has 0 saturated heterocycles. The van der Waals surface area contributed by atoms with Crippen molar-refractivity contribution in [3.63, 3.8) is 0 Å². The smallest absolute Gasteiger partial charge is 0.118 e. The summed E-state index contributed by atoms with van der Waals surface area (Å²) in [6.45, 7) is 0. The van der Waals surface area contributed by atoms with Crippen LogP contribution in [0.15, 0.2) is 48.5 Å². The minimum absolute atomic E-state index is 0.224. The molecule has 1 aliphatic rings. The monoisotopic (exact) mass is 267 g/mol. The number of methoxy groups -OCH3 is 1. The Morgan fingerprint density at radius 3 is 2.60 bits per heavy atom. The average molecular weight is 267 g/mol. The number of hydrogen-bond acceptors (Lipinski definition) is 2. The van der Waals surface area contributed by atoms with Crippen molar-refractivity contribution < 1.29 is 4.74 Å². The van der Waals surface area contributed by atoms with E-state index < -0.39 is 0 Å². The van der Waals surface area contributed by atoms with Crippen LogP contribution in [0.5, 0.6) is 5.75 Å². The summed E-state index contributed by atoms with van der Waals surface area (Å²) in [5, 5.41) is 0. The quantitative estimate of drug-likeness (QED) is 0.902. The molecule has 0 fully saturated rings. The number of benzene rings is 2. The van der Waals surface area contributed by atoms with Crippen LogP contribution in [-0.4, -0.2) is 13.2 Å². The van der Waals surface area contributed by atoms with Crippen molar-refractivity contribution in [3.05, 3.63) is 65.2 Å². The summed E-state index contributed by atoms with van der Waals surface area (Å²) in [4.78, 5) is 0. The molecule has 20 heavy (non-hydrogen) atoms. The Morgan fingerprint density at radius 2 is 1.90 bits per heavy atom. The van der Waals surface area contributed by atoms with Crippen LogP contribution in [0.4, 0.5) is 0 Å². The lowest BCUT2D eigenvalue weighted by Gasteiger charge is -2.32. The van der Waals surface area contributed by atoms with Crippen molar-refractivity contribution in [1.82, 2.24) is 0 Å². The lowest BCUT2D eigenvalue weighted by atomic mass is 9.74. The molecule has 0 spiro atoms. The van der Waals surface area contributed by atoms with Gasteiger partial charge in [0.1, 0.15) is 5.75 Å². The molecule has 2 atom stereocenters. The first-order valence-corrected chi connectivity index (χ1v) is 7.22. The molecule has 104 valence electrons. The molecule has 0 aromatic heterocycles. The van der Waals surface area contributed by atoms with E-state index >= 15 is 0 Å². The molecule has 3 rings (SSSR count). The van der Waals surface area contributed by atoms with Gasteiger partial charge in [-0.25, -0.2) is 0 Å². The standard InChI is InChI=1S/C18H21NO/c1-20-17-8-6-13(7-9-17)10-16(19)12-15-11-14-4-2-3-5-18(14)15/h2-9,15-16H,10-12,19H2,1H3. The maximum Gasteiger partial charge on any atom is 0.118 e. The number of nitrogens with two attached hydrogens (primary N) is 1. The average Bonchev–Trinajstić information content (AvgIpc) is 2.46. The van der Waals surface area contributed by atoms with E-state index in [0.717, 1.165) is 18.6 Å². The summed E-state index contributed by atoms with van der Waals surface area (Å²) in [7, 11) is 1.69. The zero-order valence-electron chi connectivity index (χ0n) is 11.9. The maximum atomic E-state index is 6.31. The van der Waals surface area contributed by atoms with Crippen LogP contribution in [0.1, 0.15) is 29.0 Å². The van der Waals surface area contributed by atoms with Gasteiger partial charge in [0.2, 0.25) is 0 Å². The Balaban J connectivity index is 1.56. The van der Waals surface area contributed by atoms with Gasteiger partial charge in [0, 0.05) is 6.04 Å². The summed E-state index contributed by atoms with van der Waals surface area (Å²) in [5.74, 6) is 1.55. The first kappa shape index (κ1) is 13.2. The normalized spacial score (nSPS) is 18.0. The molecule has 0 aliphatic heterocycles. The first-order valence-electron chi connectivity index (χ1n) is 7.22. The van der Waals surface area contributed by atoms with E-state index in [1.165, 1.54) is 23.1 Å². The molecule has 0 heterocycles. The molecule has 0 saturated carbocycles.